The molecule has 0 atom stereocenters. The Balaban J connectivity index is 1.59. The summed E-state index contributed by atoms with van der Waals surface area (Å²) in [5.74, 6) is 0.490. The van der Waals surface area contributed by atoms with E-state index in [1.165, 1.54) is 11.1 Å². The van der Waals surface area contributed by atoms with Crippen LogP contribution in [-0.4, -0.2) is 11.8 Å². The summed E-state index contributed by atoms with van der Waals surface area (Å²) >= 11 is 0. The maximum atomic E-state index is 12.6. The molecule has 0 aliphatic rings. The molecule has 2 N–H and O–H groups in total. The van der Waals surface area contributed by atoms with Crippen LogP contribution in [-0.2, 0) is 13.1 Å². The highest BCUT2D eigenvalue weighted by molar-refractivity contribution is 5.97. The van der Waals surface area contributed by atoms with Crippen LogP contribution in [0.15, 0.2) is 72.8 Å². The first-order valence-corrected chi connectivity index (χ1v) is 11.2. The van der Waals surface area contributed by atoms with Crippen LogP contribution < -0.4 is 10.6 Å². The highest BCUT2D eigenvalue weighted by Gasteiger charge is 2.12. The fourth-order valence-electron chi connectivity index (χ4n) is 3.84. The lowest BCUT2D eigenvalue weighted by atomic mass is 9.97. The first-order valence-electron chi connectivity index (χ1n) is 11.2. The molecule has 0 radical (unpaired) electrons. The molecule has 0 aliphatic heterocycles. The van der Waals surface area contributed by atoms with Gasteiger partial charge < -0.3 is 10.6 Å². The van der Waals surface area contributed by atoms with Gasteiger partial charge in [0.25, 0.3) is 11.8 Å². The minimum Gasteiger partial charge on any atom is -0.348 e. The minimum absolute atomic E-state index is 0.152. The van der Waals surface area contributed by atoms with Crippen molar-refractivity contribution in [2.24, 2.45) is 0 Å². The number of hydrogen-bond donors (Lipinski definition) is 2. The van der Waals surface area contributed by atoms with E-state index in [0.717, 1.165) is 11.1 Å². The van der Waals surface area contributed by atoms with Crippen molar-refractivity contribution in [3.63, 3.8) is 0 Å². The summed E-state index contributed by atoms with van der Waals surface area (Å²) in [4.78, 5) is 25.2. The van der Waals surface area contributed by atoms with Gasteiger partial charge in [0.05, 0.1) is 0 Å². The van der Waals surface area contributed by atoms with Crippen molar-refractivity contribution < 1.29 is 9.59 Å². The molecule has 0 spiro atoms. The predicted octanol–water partition coefficient (Wildman–Crippen LogP) is 5.79. The largest absolute Gasteiger partial charge is 0.348 e. The van der Waals surface area contributed by atoms with E-state index in [1.807, 2.05) is 36.4 Å². The van der Waals surface area contributed by atoms with Crippen molar-refractivity contribution in [1.29, 1.82) is 0 Å². The Hall–Kier alpha value is -3.40. The van der Waals surface area contributed by atoms with Gasteiger partial charge in [0.2, 0.25) is 0 Å². The lowest BCUT2D eigenvalue weighted by Gasteiger charge is -2.14. The number of carbonyl (C=O) groups excluding carboxylic acids is 2. The first-order chi connectivity index (χ1) is 15.4. The van der Waals surface area contributed by atoms with Crippen LogP contribution in [0.5, 0.6) is 0 Å². The third-order valence-electron chi connectivity index (χ3n) is 5.64. The molecule has 3 aromatic carbocycles. The molecule has 0 fully saturated rings. The molecule has 3 aromatic rings. The van der Waals surface area contributed by atoms with Crippen LogP contribution in [0.2, 0.25) is 0 Å². The normalized spacial score (nSPS) is 10.9. The molecule has 0 aromatic heterocycles. The van der Waals surface area contributed by atoms with Crippen molar-refractivity contribution >= 4 is 11.8 Å². The summed E-state index contributed by atoms with van der Waals surface area (Å²) in [6, 6.07) is 23.1. The van der Waals surface area contributed by atoms with Gasteiger partial charge in [0.15, 0.2) is 0 Å². The summed E-state index contributed by atoms with van der Waals surface area (Å²) in [7, 11) is 0. The molecule has 4 nitrogen and oxygen atoms in total. The highest BCUT2D eigenvalue weighted by Crippen LogP contribution is 2.20. The number of rotatable bonds is 8. The van der Waals surface area contributed by atoms with Gasteiger partial charge in [0.1, 0.15) is 0 Å². The topological polar surface area (TPSA) is 58.2 Å². The molecule has 0 saturated heterocycles. The number of hydrogen-bond acceptors (Lipinski definition) is 2. The molecular weight excluding hydrogens is 396 g/mol. The van der Waals surface area contributed by atoms with E-state index in [1.54, 1.807) is 24.3 Å². The average molecular weight is 429 g/mol. The first kappa shape index (κ1) is 23.3. The monoisotopic (exact) mass is 428 g/mol. The number of benzene rings is 3. The molecule has 4 heteroatoms. The molecule has 0 saturated carbocycles. The lowest BCUT2D eigenvalue weighted by molar-refractivity contribution is 0.0939. The second kappa shape index (κ2) is 10.8. The van der Waals surface area contributed by atoms with Gasteiger partial charge in [-0.15, -0.1) is 0 Å². The van der Waals surface area contributed by atoms with Crippen molar-refractivity contribution in [1.82, 2.24) is 10.6 Å². The number of amides is 2. The molecule has 0 unspecified atom stereocenters. The van der Waals surface area contributed by atoms with Crippen molar-refractivity contribution in [2.75, 3.05) is 0 Å². The smallest absolute Gasteiger partial charge is 0.251 e. The van der Waals surface area contributed by atoms with E-state index in [4.69, 9.17) is 0 Å². The quantitative estimate of drug-likeness (QED) is 0.477. The van der Waals surface area contributed by atoms with Crippen LogP contribution in [0.4, 0.5) is 0 Å². The predicted molar refractivity (Wildman–Crippen MR) is 130 cm³/mol. The molecule has 0 heterocycles. The maximum absolute atomic E-state index is 12.6. The molecule has 0 aliphatic carbocycles. The molecule has 0 bridgehead atoms. The van der Waals surface area contributed by atoms with E-state index in [2.05, 4.69) is 50.5 Å². The van der Waals surface area contributed by atoms with E-state index < -0.39 is 0 Å². The number of nitrogens with one attached hydrogen (secondary N) is 2. The van der Waals surface area contributed by atoms with Gasteiger partial charge in [-0.25, -0.2) is 0 Å². The minimum atomic E-state index is -0.152. The highest BCUT2D eigenvalue weighted by atomic mass is 16.2. The van der Waals surface area contributed by atoms with Gasteiger partial charge in [0, 0.05) is 24.2 Å². The number of carbonyl (C=O) groups is 2. The SMILES string of the molecule is CC(C)c1ccccc1CNC(=O)c1ccc(C(=O)NCc2ccccc2C(C)C)cc1. The van der Waals surface area contributed by atoms with Crippen LogP contribution in [0, 0.1) is 0 Å². The van der Waals surface area contributed by atoms with Gasteiger partial charge in [-0.05, 0) is 58.4 Å². The fourth-order valence-corrected chi connectivity index (χ4v) is 3.84. The molecular formula is C28H32N2O2. The second-order valence-electron chi connectivity index (χ2n) is 8.65. The Morgan fingerprint density at radius 3 is 1.28 bits per heavy atom. The van der Waals surface area contributed by atoms with Crippen LogP contribution in [0.25, 0.3) is 0 Å². The molecule has 166 valence electrons. The zero-order chi connectivity index (χ0) is 23.1. The molecule has 32 heavy (non-hydrogen) atoms. The Bertz CT molecular complexity index is 982. The zero-order valence-electron chi connectivity index (χ0n) is 19.3. The van der Waals surface area contributed by atoms with Crippen LogP contribution in [0.1, 0.15) is 82.5 Å². The van der Waals surface area contributed by atoms with Crippen molar-refractivity contribution in [2.45, 2.75) is 52.6 Å². The Kier molecular flexibility index (Phi) is 7.82. The van der Waals surface area contributed by atoms with Gasteiger partial charge in [-0.1, -0.05) is 76.2 Å². The van der Waals surface area contributed by atoms with Crippen molar-refractivity contribution in [3.8, 4) is 0 Å². The summed E-state index contributed by atoms with van der Waals surface area (Å²) in [6.45, 7) is 9.53. The van der Waals surface area contributed by atoms with E-state index in [-0.39, 0.29) is 11.8 Å². The maximum Gasteiger partial charge on any atom is 0.251 e. The molecule has 2 amide bonds. The summed E-state index contributed by atoms with van der Waals surface area (Å²) in [5, 5.41) is 5.97. The summed E-state index contributed by atoms with van der Waals surface area (Å²) < 4.78 is 0. The third-order valence-corrected chi connectivity index (χ3v) is 5.64. The Morgan fingerprint density at radius 1 is 0.594 bits per heavy atom. The second-order valence-corrected chi connectivity index (χ2v) is 8.65. The van der Waals surface area contributed by atoms with E-state index in [9.17, 15) is 9.59 Å². The standard InChI is InChI=1S/C28H32N2O2/c1-19(2)25-11-7-5-9-23(25)17-29-27(31)21-13-15-22(16-14-21)28(32)30-18-24-10-6-8-12-26(24)20(3)4/h5-16,19-20H,17-18H2,1-4H3,(H,29,31)(H,30,32). The Labute approximate surface area is 191 Å². The summed E-state index contributed by atoms with van der Waals surface area (Å²) in [5.41, 5.74) is 5.78. The average Bonchev–Trinajstić information content (AvgIpc) is 2.81. The van der Waals surface area contributed by atoms with Crippen LogP contribution >= 0.6 is 0 Å². The van der Waals surface area contributed by atoms with Crippen LogP contribution in [0.3, 0.4) is 0 Å². The zero-order valence-corrected chi connectivity index (χ0v) is 19.3. The van der Waals surface area contributed by atoms with E-state index >= 15 is 0 Å². The van der Waals surface area contributed by atoms with Gasteiger partial charge >= 0.3 is 0 Å². The lowest BCUT2D eigenvalue weighted by Crippen LogP contribution is -2.25. The molecule has 3 rings (SSSR count). The van der Waals surface area contributed by atoms with Crippen molar-refractivity contribution in [3.05, 3.63) is 106 Å². The van der Waals surface area contributed by atoms with Gasteiger partial charge in [-0.3, -0.25) is 9.59 Å². The summed E-state index contributed by atoms with van der Waals surface area (Å²) in [6.07, 6.45) is 0. The fraction of sp³-hybridized carbons (Fsp3) is 0.286. The van der Waals surface area contributed by atoms with E-state index in [0.29, 0.717) is 36.1 Å². The van der Waals surface area contributed by atoms with Gasteiger partial charge in [-0.2, -0.15) is 0 Å². The Morgan fingerprint density at radius 2 is 0.938 bits per heavy atom. The third kappa shape index (κ3) is 5.85.